The number of carbonyl (C=O) groups excluding carboxylic acids is 1. The van der Waals surface area contributed by atoms with Crippen LogP contribution in [0.1, 0.15) is 226 Å². The summed E-state index contributed by atoms with van der Waals surface area (Å²) in [7, 11) is 0. The topological polar surface area (TPSA) is 54.5 Å². The smallest absolute Gasteiger partial charge is 0.340 e. The van der Waals surface area contributed by atoms with Gasteiger partial charge in [-0.05, 0) is 151 Å². The van der Waals surface area contributed by atoms with Crippen LogP contribution in [0.15, 0.2) is 52.2 Å². The zero-order valence-electron chi connectivity index (χ0n) is 41.6. The number of ether oxygens (including phenoxy) is 1. The van der Waals surface area contributed by atoms with Gasteiger partial charge in [-0.2, -0.15) is 0 Å². The van der Waals surface area contributed by atoms with Gasteiger partial charge in [0.2, 0.25) is 0 Å². The maximum Gasteiger partial charge on any atom is 0.340 e. The quantitative estimate of drug-likeness (QED) is 0.216. The van der Waals surface area contributed by atoms with E-state index in [1.807, 2.05) is 6.92 Å². The molecule has 0 spiro atoms. The third kappa shape index (κ3) is 9.71. The number of nitrogens with one attached hydrogen (secondary N) is 1. The Bertz CT molecular complexity index is 1930. The zero-order chi connectivity index (χ0) is 44.5. The van der Waals surface area contributed by atoms with E-state index in [0.29, 0.717) is 65.8 Å². The normalized spacial score (nSPS) is 29.8. The van der Waals surface area contributed by atoms with Gasteiger partial charge in [0, 0.05) is 23.1 Å². The summed E-state index contributed by atoms with van der Waals surface area (Å²) < 4.78 is 6.22. The molecular weight excluding hydrogens is 757 g/mol. The van der Waals surface area contributed by atoms with Crippen molar-refractivity contribution in [2.24, 2.45) is 64.2 Å². The molecule has 4 aliphatic carbocycles. The van der Waals surface area contributed by atoms with Crippen LogP contribution in [0.25, 0.3) is 5.57 Å². The van der Waals surface area contributed by atoms with Gasteiger partial charge in [-0.3, -0.25) is 4.99 Å². The van der Waals surface area contributed by atoms with E-state index in [1.165, 1.54) is 129 Å². The van der Waals surface area contributed by atoms with Crippen LogP contribution in [0.4, 0.5) is 0 Å². The molecule has 4 heteroatoms. The Morgan fingerprint density at radius 1 is 0.645 bits per heavy atom. The monoisotopic (exact) mass is 845 g/mol. The van der Waals surface area contributed by atoms with Crippen LogP contribution in [-0.2, 0) is 14.9 Å². The second kappa shape index (κ2) is 20.1. The molecule has 5 aliphatic rings. The van der Waals surface area contributed by atoms with E-state index in [-0.39, 0.29) is 23.2 Å². The Hall–Kier alpha value is -2.88. The second-order valence-corrected chi connectivity index (χ2v) is 23.3. The molecular formula is C58H88N2O2. The number of rotatable bonds is 12. The van der Waals surface area contributed by atoms with Crippen LogP contribution in [0, 0.1) is 59.2 Å². The van der Waals surface area contributed by atoms with Crippen molar-refractivity contribution in [2.45, 2.75) is 203 Å². The maximum atomic E-state index is 15.1. The summed E-state index contributed by atoms with van der Waals surface area (Å²) in [4.78, 5) is 25.6. The summed E-state index contributed by atoms with van der Waals surface area (Å²) in [6.07, 6.45) is 19.8. The van der Waals surface area contributed by atoms with E-state index < -0.39 is 0 Å². The minimum Gasteiger partial charge on any atom is -0.462 e. The standard InChI is InChI=1S/C58H88N2O2/c1-13-62-57(61)53-52(47-28-20-16-24-43(47)37(6)7)56(60-54(53)48-29-21-17-25-44(48)38(8)9)51(39-30-32-40(33-31-39)58(10,11)12)55-49(45-26-18-14-22-41(45)35(2)3)34-50(59-55)46-27-19-15-23-42(46)36(4)5/h30-38,41-48,59H,13-29H2,1-12H3. The predicted octanol–water partition coefficient (Wildman–Crippen LogP) is 16.2. The molecule has 4 nitrogen and oxygen atoms in total. The first-order valence-corrected chi connectivity index (χ1v) is 26.2. The lowest BCUT2D eigenvalue weighted by atomic mass is 9.66. The average Bonchev–Trinajstić information content (AvgIpc) is 3.86. The molecule has 2 aromatic rings. The van der Waals surface area contributed by atoms with E-state index in [0.717, 1.165) is 29.8 Å². The van der Waals surface area contributed by atoms with Crippen LogP contribution in [-0.4, -0.2) is 23.3 Å². The lowest BCUT2D eigenvalue weighted by molar-refractivity contribution is -0.138. The summed E-state index contributed by atoms with van der Waals surface area (Å²) in [6, 6.07) is 12.3. The third-order valence-corrected chi connectivity index (χ3v) is 17.1. The van der Waals surface area contributed by atoms with Crippen molar-refractivity contribution in [1.29, 1.82) is 0 Å². The van der Waals surface area contributed by atoms with Gasteiger partial charge in [-0.15, -0.1) is 0 Å². The van der Waals surface area contributed by atoms with Crippen molar-refractivity contribution in [3.8, 4) is 0 Å². The Morgan fingerprint density at radius 2 is 1.10 bits per heavy atom. The first-order valence-electron chi connectivity index (χ1n) is 26.2. The molecule has 1 aliphatic heterocycles. The van der Waals surface area contributed by atoms with Gasteiger partial charge in [0.15, 0.2) is 0 Å². The number of aliphatic imine (C=N–C) groups is 1. The summed E-state index contributed by atoms with van der Waals surface area (Å²) in [5.74, 6) is 5.95. The van der Waals surface area contributed by atoms with E-state index in [9.17, 15) is 0 Å². The van der Waals surface area contributed by atoms with Gasteiger partial charge >= 0.3 is 5.97 Å². The average molecular weight is 845 g/mol. The van der Waals surface area contributed by atoms with Crippen LogP contribution < -0.4 is 0 Å². The number of allylic oxidation sites excluding steroid dienone is 1. The molecule has 4 saturated carbocycles. The Labute approximate surface area is 379 Å². The van der Waals surface area contributed by atoms with Crippen LogP contribution in [0.3, 0.4) is 0 Å². The molecule has 0 radical (unpaired) electrons. The van der Waals surface area contributed by atoms with Crippen LogP contribution >= 0.6 is 0 Å². The SMILES string of the molecule is CCOC(=O)C1=C(C2CCCCC2C(C)C)C(=C(c2ccc(C(C)(C)C)cc2)c2[nH]c(C3CCCCC3C(C)C)cc2C2CCCCC2C(C)C)N=C1C1CCCCC1C(C)C. The number of hydrogen-bond donors (Lipinski definition) is 1. The molecule has 1 aromatic carbocycles. The number of nitrogens with zero attached hydrogens (tertiary/aromatic N) is 1. The van der Waals surface area contributed by atoms with Crippen molar-refractivity contribution in [1.82, 2.24) is 4.98 Å². The van der Waals surface area contributed by atoms with Gasteiger partial charge in [-0.25, -0.2) is 4.79 Å². The van der Waals surface area contributed by atoms with Gasteiger partial charge in [0.1, 0.15) is 0 Å². The molecule has 0 bridgehead atoms. The minimum atomic E-state index is -0.138. The molecule has 1 aromatic heterocycles. The first kappa shape index (κ1) is 47.1. The largest absolute Gasteiger partial charge is 0.462 e. The molecule has 342 valence electrons. The fourth-order valence-electron chi connectivity index (χ4n) is 13.8. The highest BCUT2D eigenvalue weighted by atomic mass is 16.5. The Balaban J connectivity index is 1.61. The molecule has 4 fully saturated rings. The molecule has 0 saturated heterocycles. The van der Waals surface area contributed by atoms with Gasteiger partial charge in [0.25, 0.3) is 0 Å². The van der Waals surface area contributed by atoms with Crippen molar-refractivity contribution in [3.05, 3.63) is 75.3 Å². The fraction of sp³-hybridized carbons (Fsp3) is 0.724. The highest BCUT2D eigenvalue weighted by Gasteiger charge is 2.46. The maximum absolute atomic E-state index is 15.1. The van der Waals surface area contributed by atoms with Crippen molar-refractivity contribution < 1.29 is 9.53 Å². The van der Waals surface area contributed by atoms with Crippen molar-refractivity contribution in [2.75, 3.05) is 6.61 Å². The molecule has 8 unspecified atom stereocenters. The minimum absolute atomic E-state index is 0.0380. The lowest BCUT2D eigenvalue weighted by Crippen LogP contribution is -2.34. The van der Waals surface area contributed by atoms with E-state index >= 15 is 4.79 Å². The fourth-order valence-corrected chi connectivity index (χ4v) is 13.8. The van der Waals surface area contributed by atoms with Crippen LogP contribution in [0.5, 0.6) is 0 Å². The Morgan fingerprint density at radius 3 is 1.61 bits per heavy atom. The van der Waals surface area contributed by atoms with E-state index in [4.69, 9.17) is 9.73 Å². The van der Waals surface area contributed by atoms with Gasteiger partial charge in [0.05, 0.1) is 29.3 Å². The lowest BCUT2D eigenvalue weighted by Gasteiger charge is -2.37. The highest BCUT2D eigenvalue weighted by Crippen LogP contribution is 2.54. The molecule has 8 atom stereocenters. The van der Waals surface area contributed by atoms with Gasteiger partial charge in [-0.1, -0.05) is 152 Å². The van der Waals surface area contributed by atoms with Crippen LogP contribution in [0.2, 0.25) is 0 Å². The molecule has 62 heavy (non-hydrogen) atoms. The zero-order valence-corrected chi connectivity index (χ0v) is 41.6. The summed E-state index contributed by atoms with van der Waals surface area (Å²) in [5.41, 5.74) is 12.4. The number of hydrogen-bond acceptors (Lipinski definition) is 3. The first-order chi connectivity index (χ1) is 29.6. The van der Waals surface area contributed by atoms with E-state index in [2.05, 4.69) is 111 Å². The molecule has 1 N–H and O–H groups in total. The third-order valence-electron chi connectivity index (χ3n) is 17.1. The second-order valence-electron chi connectivity index (χ2n) is 23.3. The number of H-pyrrole nitrogens is 1. The summed E-state index contributed by atoms with van der Waals surface area (Å²) in [6.45, 7) is 28.9. The summed E-state index contributed by atoms with van der Waals surface area (Å²) >= 11 is 0. The Kier molecular flexibility index (Phi) is 15.3. The number of carbonyl (C=O) groups is 1. The predicted molar refractivity (Wildman–Crippen MR) is 263 cm³/mol. The number of benzene rings is 1. The van der Waals surface area contributed by atoms with E-state index in [1.54, 1.807) is 0 Å². The van der Waals surface area contributed by atoms with Crippen molar-refractivity contribution >= 4 is 17.3 Å². The van der Waals surface area contributed by atoms with Crippen molar-refractivity contribution in [3.63, 3.8) is 0 Å². The van der Waals surface area contributed by atoms with Gasteiger partial charge < -0.3 is 9.72 Å². The molecule has 2 heterocycles. The number of aromatic amines is 1. The molecule has 7 rings (SSSR count). The number of esters is 1. The summed E-state index contributed by atoms with van der Waals surface area (Å²) in [5, 5.41) is 0. The number of aromatic nitrogens is 1. The highest BCUT2D eigenvalue weighted by molar-refractivity contribution is 6.24. The molecule has 0 amide bonds.